The van der Waals surface area contributed by atoms with Gasteiger partial charge in [-0.1, -0.05) is 23.2 Å². The fourth-order valence-electron chi connectivity index (χ4n) is 2.06. The molecule has 0 spiro atoms. The number of carbonyl (C=O) groups is 1. The molecule has 1 aliphatic rings. The van der Waals surface area contributed by atoms with Gasteiger partial charge in [-0.3, -0.25) is 9.69 Å². The topological polar surface area (TPSA) is 90.9 Å². The van der Waals surface area contributed by atoms with E-state index in [1.165, 1.54) is 0 Å². The number of nitrogens with one attached hydrogen (secondary N) is 1. The zero-order valence-electron chi connectivity index (χ0n) is 11.9. The molecule has 120 valence electrons. The van der Waals surface area contributed by atoms with Crippen LogP contribution in [0.25, 0.3) is 0 Å². The number of hydrogen-bond acceptors (Lipinski definition) is 4. The highest BCUT2D eigenvalue weighted by atomic mass is 35.5. The molecule has 1 aromatic carbocycles. The number of nitrogens with two attached hydrogens (primary N) is 1. The monoisotopic (exact) mass is 344 g/mol. The predicted molar refractivity (Wildman–Crippen MR) is 88.6 cm³/mol. The van der Waals surface area contributed by atoms with E-state index in [9.17, 15) is 4.79 Å². The highest BCUT2D eigenvalue weighted by molar-refractivity contribution is 6.42. The number of benzene rings is 1. The quantitative estimate of drug-likeness (QED) is 0.535. The number of aliphatic imine (C=N–C) groups is 1. The highest BCUT2D eigenvalue weighted by Gasteiger charge is 2.25. The third-order valence-corrected chi connectivity index (χ3v) is 3.93. The molecule has 0 aliphatic carbocycles. The molecule has 0 atom stereocenters. The Bertz CT molecular complexity index is 574. The van der Waals surface area contributed by atoms with Crippen LogP contribution in [0, 0.1) is 0 Å². The zero-order valence-corrected chi connectivity index (χ0v) is 13.4. The van der Waals surface area contributed by atoms with Gasteiger partial charge >= 0.3 is 0 Å². The molecule has 1 amide bonds. The Morgan fingerprint density at radius 3 is 2.77 bits per heavy atom. The first-order chi connectivity index (χ1) is 10.4. The van der Waals surface area contributed by atoms with Crippen molar-refractivity contribution in [3.05, 3.63) is 28.2 Å². The van der Waals surface area contributed by atoms with E-state index in [1.807, 2.05) is 11.0 Å². The lowest BCUT2D eigenvalue weighted by Crippen LogP contribution is -2.52. The minimum Gasteiger partial charge on any atom is -0.390 e. The summed E-state index contributed by atoms with van der Waals surface area (Å²) >= 11 is 11.7. The van der Waals surface area contributed by atoms with E-state index >= 15 is 0 Å². The van der Waals surface area contributed by atoms with E-state index in [-0.39, 0.29) is 24.4 Å². The first-order valence-corrected chi connectivity index (χ1v) is 7.65. The smallest absolute Gasteiger partial charge is 0.261 e. The summed E-state index contributed by atoms with van der Waals surface area (Å²) in [5.74, 6) is -0.0161. The van der Waals surface area contributed by atoms with Crippen molar-refractivity contribution in [3.63, 3.8) is 0 Å². The number of aliphatic hydroxyl groups is 1. The zero-order chi connectivity index (χ0) is 16.1. The van der Waals surface area contributed by atoms with Crippen LogP contribution in [0.15, 0.2) is 23.2 Å². The van der Waals surface area contributed by atoms with Gasteiger partial charge in [0.25, 0.3) is 5.91 Å². The molecular formula is C14H18Cl2N4O2. The van der Waals surface area contributed by atoms with E-state index < -0.39 is 0 Å². The second-order valence-corrected chi connectivity index (χ2v) is 5.96. The van der Waals surface area contributed by atoms with E-state index in [2.05, 4.69) is 10.3 Å². The van der Waals surface area contributed by atoms with Crippen molar-refractivity contribution in [2.45, 2.75) is 12.5 Å². The number of hydrogen-bond donors (Lipinski definition) is 3. The maximum atomic E-state index is 11.6. The van der Waals surface area contributed by atoms with Crippen LogP contribution in [0.2, 0.25) is 10.0 Å². The molecular weight excluding hydrogens is 327 g/mol. The average molecular weight is 345 g/mol. The van der Waals surface area contributed by atoms with Crippen molar-refractivity contribution in [2.75, 3.05) is 31.5 Å². The molecule has 22 heavy (non-hydrogen) atoms. The first-order valence-electron chi connectivity index (χ1n) is 6.89. The lowest BCUT2D eigenvalue weighted by atomic mass is 10.2. The van der Waals surface area contributed by atoms with Crippen molar-refractivity contribution >= 4 is 40.6 Å². The number of anilines is 1. The fraction of sp³-hybridized carbons (Fsp3) is 0.429. The fourth-order valence-corrected chi connectivity index (χ4v) is 2.35. The molecule has 1 saturated heterocycles. The summed E-state index contributed by atoms with van der Waals surface area (Å²) < 4.78 is 0. The summed E-state index contributed by atoms with van der Waals surface area (Å²) in [4.78, 5) is 17.3. The number of halogens is 2. The highest BCUT2D eigenvalue weighted by Crippen LogP contribution is 2.24. The lowest BCUT2D eigenvalue weighted by molar-refractivity contribution is -0.121. The van der Waals surface area contributed by atoms with E-state index in [1.54, 1.807) is 12.1 Å². The van der Waals surface area contributed by atoms with Gasteiger partial charge in [0.2, 0.25) is 0 Å². The summed E-state index contributed by atoms with van der Waals surface area (Å²) in [5.41, 5.74) is 6.55. The van der Waals surface area contributed by atoms with E-state index in [0.29, 0.717) is 36.1 Å². The molecule has 0 aromatic heterocycles. The molecule has 1 aliphatic heterocycles. The maximum absolute atomic E-state index is 11.6. The van der Waals surface area contributed by atoms with E-state index in [4.69, 9.17) is 34.0 Å². The Morgan fingerprint density at radius 1 is 1.41 bits per heavy atom. The minimum atomic E-state index is -0.329. The van der Waals surface area contributed by atoms with Gasteiger partial charge in [-0.2, -0.15) is 4.99 Å². The number of β-amino-alcohol motifs (C(OH)–C–C–N with tert-alkyl or cyclic N) is 1. The Hall–Kier alpha value is -1.34. The van der Waals surface area contributed by atoms with Gasteiger partial charge < -0.3 is 16.2 Å². The third kappa shape index (κ3) is 5.14. The number of rotatable bonds is 6. The van der Waals surface area contributed by atoms with Gasteiger partial charge in [-0.25, -0.2) is 0 Å². The number of amides is 1. The number of likely N-dealkylation sites (tertiary alicyclic amines) is 1. The number of aliphatic hydroxyl groups excluding tert-OH is 1. The molecule has 4 N–H and O–H groups in total. The van der Waals surface area contributed by atoms with Crippen LogP contribution in [-0.4, -0.2) is 54.0 Å². The number of nitrogens with zero attached hydrogens (tertiary/aromatic N) is 2. The van der Waals surface area contributed by atoms with Crippen molar-refractivity contribution in [1.29, 1.82) is 0 Å². The molecule has 8 heteroatoms. The van der Waals surface area contributed by atoms with Crippen LogP contribution in [0.3, 0.4) is 0 Å². The minimum absolute atomic E-state index is 0.192. The van der Waals surface area contributed by atoms with Crippen molar-refractivity contribution in [2.24, 2.45) is 10.7 Å². The molecule has 0 radical (unpaired) electrons. The standard InChI is InChI=1S/C14H18Cl2N4O2/c15-11-2-1-9(5-12(11)16)18-4-3-13(17)19-14(22)8-20-6-10(21)7-20/h1-2,5,10,18,21H,3-4,6-8H2,(H2,17,19,22). The van der Waals surface area contributed by atoms with Crippen LogP contribution in [0.4, 0.5) is 5.69 Å². The third-order valence-electron chi connectivity index (χ3n) is 3.19. The van der Waals surface area contributed by atoms with Gasteiger partial charge in [0.05, 0.1) is 22.7 Å². The Labute approximate surface area is 138 Å². The summed E-state index contributed by atoms with van der Waals surface area (Å²) in [7, 11) is 0. The van der Waals surface area contributed by atoms with Gasteiger partial charge in [0.15, 0.2) is 0 Å². The van der Waals surface area contributed by atoms with Crippen LogP contribution in [0.5, 0.6) is 0 Å². The van der Waals surface area contributed by atoms with Crippen molar-refractivity contribution < 1.29 is 9.90 Å². The van der Waals surface area contributed by atoms with Crippen molar-refractivity contribution in [1.82, 2.24) is 4.90 Å². The van der Waals surface area contributed by atoms with Crippen molar-refractivity contribution in [3.8, 4) is 0 Å². The summed E-state index contributed by atoms with van der Waals surface area (Å²) in [6, 6.07) is 5.23. The SMILES string of the molecule is NC(CCNc1ccc(Cl)c(Cl)c1)=NC(=O)CN1CC(O)C1. The van der Waals surface area contributed by atoms with E-state index in [0.717, 1.165) is 5.69 Å². The van der Waals surface area contributed by atoms with Crippen LogP contribution in [0.1, 0.15) is 6.42 Å². The lowest BCUT2D eigenvalue weighted by Gasteiger charge is -2.34. The molecule has 2 rings (SSSR count). The van der Waals surface area contributed by atoms with Gasteiger partial charge in [-0.05, 0) is 18.2 Å². The maximum Gasteiger partial charge on any atom is 0.261 e. The summed E-state index contributed by atoms with van der Waals surface area (Å²) in [6.07, 6.45) is 0.110. The van der Waals surface area contributed by atoms with Crippen LogP contribution < -0.4 is 11.1 Å². The van der Waals surface area contributed by atoms with Gasteiger partial charge in [0, 0.05) is 31.7 Å². The Morgan fingerprint density at radius 2 is 2.14 bits per heavy atom. The number of carbonyl (C=O) groups excluding carboxylic acids is 1. The Balaban J connectivity index is 1.72. The average Bonchev–Trinajstić information content (AvgIpc) is 2.41. The molecule has 1 heterocycles. The number of amidine groups is 1. The molecule has 0 saturated carbocycles. The molecule has 1 aromatic rings. The van der Waals surface area contributed by atoms with Gasteiger partial charge in [0.1, 0.15) is 5.84 Å². The predicted octanol–water partition coefficient (Wildman–Crippen LogP) is 1.36. The molecule has 0 unspecified atom stereocenters. The normalized spacial score (nSPS) is 16.4. The summed E-state index contributed by atoms with van der Waals surface area (Å²) in [6.45, 7) is 1.75. The Kier molecular flexibility index (Phi) is 6.02. The largest absolute Gasteiger partial charge is 0.390 e. The first kappa shape index (κ1) is 17.0. The second-order valence-electron chi connectivity index (χ2n) is 5.15. The van der Waals surface area contributed by atoms with Gasteiger partial charge in [-0.15, -0.1) is 0 Å². The summed E-state index contributed by atoms with van der Waals surface area (Å²) in [5, 5.41) is 13.2. The molecule has 1 fully saturated rings. The van der Waals surface area contributed by atoms with Crippen LogP contribution >= 0.6 is 23.2 Å². The second kappa shape index (κ2) is 7.78. The molecule has 0 bridgehead atoms. The van der Waals surface area contributed by atoms with Crippen LogP contribution in [-0.2, 0) is 4.79 Å². The molecule has 6 nitrogen and oxygen atoms in total.